The van der Waals surface area contributed by atoms with E-state index in [2.05, 4.69) is 0 Å². The van der Waals surface area contributed by atoms with Crippen LogP contribution in [-0.2, 0) is 9.53 Å². The summed E-state index contributed by atoms with van der Waals surface area (Å²) in [4.78, 5) is 12.6. The lowest BCUT2D eigenvalue weighted by Gasteiger charge is -2.43. The Balaban J connectivity index is 1.64. The zero-order chi connectivity index (χ0) is 12.4. The lowest BCUT2D eigenvalue weighted by molar-refractivity contribution is -0.141. The maximum absolute atomic E-state index is 12.6. The van der Waals surface area contributed by atoms with Crippen LogP contribution in [0.4, 0.5) is 0 Å². The fourth-order valence-electron chi connectivity index (χ4n) is 3.45. The van der Waals surface area contributed by atoms with Crippen LogP contribution < -0.4 is 0 Å². The second kappa shape index (κ2) is 5.76. The molecule has 0 bridgehead atoms. The lowest BCUT2D eigenvalue weighted by atomic mass is 9.77. The van der Waals surface area contributed by atoms with E-state index < -0.39 is 0 Å². The van der Waals surface area contributed by atoms with Gasteiger partial charge in [0, 0.05) is 24.2 Å². The summed E-state index contributed by atoms with van der Waals surface area (Å²) in [5, 5.41) is 0. The van der Waals surface area contributed by atoms with Crippen molar-refractivity contribution in [3.8, 4) is 0 Å². The Labute approximate surface area is 118 Å². The van der Waals surface area contributed by atoms with E-state index in [-0.39, 0.29) is 5.60 Å². The summed E-state index contributed by atoms with van der Waals surface area (Å²) in [6, 6.07) is 0. The van der Waals surface area contributed by atoms with Gasteiger partial charge in [-0.2, -0.15) is 23.5 Å². The molecule has 2 unspecified atom stereocenters. The lowest BCUT2D eigenvalue weighted by Crippen LogP contribution is -2.45. The number of hydrogen-bond acceptors (Lipinski definition) is 4. The zero-order valence-corrected chi connectivity index (χ0v) is 12.5. The van der Waals surface area contributed by atoms with E-state index in [1.54, 1.807) is 0 Å². The third-order valence-electron chi connectivity index (χ3n) is 4.63. The zero-order valence-electron chi connectivity index (χ0n) is 10.9. The van der Waals surface area contributed by atoms with Gasteiger partial charge < -0.3 is 4.74 Å². The van der Waals surface area contributed by atoms with Crippen LogP contribution in [0.3, 0.4) is 0 Å². The predicted octanol–water partition coefficient (Wildman–Crippen LogP) is 3.00. The number of rotatable bonds is 2. The van der Waals surface area contributed by atoms with Crippen molar-refractivity contribution in [2.75, 3.05) is 29.6 Å². The Bertz CT molecular complexity index is 301. The van der Waals surface area contributed by atoms with E-state index in [4.69, 9.17) is 4.74 Å². The molecule has 3 rings (SSSR count). The van der Waals surface area contributed by atoms with Gasteiger partial charge in [0.25, 0.3) is 0 Å². The van der Waals surface area contributed by atoms with Crippen LogP contribution in [0.15, 0.2) is 0 Å². The molecule has 0 aliphatic carbocycles. The van der Waals surface area contributed by atoms with Gasteiger partial charge in [-0.1, -0.05) is 0 Å². The normalized spacial score (nSPS) is 35.8. The first-order valence-electron chi connectivity index (χ1n) is 7.12. The van der Waals surface area contributed by atoms with Crippen LogP contribution >= 0.6 is 23.5 Å². The molecule has 0 aromatic carbocycles. The van der Waals surface area contributed by atoms with Crippen molar-refractivity contribution in [3.05, 3.63) is 0 Å². The fourth-order valence-corrected chi connectivity index (χ4v) is 5.92. The molecule has 2 atom stereocenters. The Hall–Kier alpha value is 0.330. The highest BCUT2D eigenvalue weighted by atomic mass is 32.2. The molecule has 1 spiro atoms. The molecule has 102 valence electrons. The van der Waals surface area contributed by atoms with Crippen LogP contribution in [0.25, 0.3) is 0 Å². The third kappa shape index (κ3) is 2.75. The predicted molar refractivity (Wildman–Crippen MR) is 78.4 cm³/mol. The number of carbonyl (C=O) groups excluding carboxylic acids is 1. The second-order valence-corrected chi connectivity index (χ2v) is 8.17. The summed E-state index contributed by atoms with van der Waals surface area (Å²) in [5.41, 5.74) is 0.0651. The number of carbonyl (C=O) groups is 1. The minimum Gasteiger partial charge on any atom is -0.375 e. The largest absolute Gasteiger partial charge is 0.375 e. The van der Waals surface area contributed by atoms with Gasteiger partial charge in [0.2, 0.25) is 0 Å². The SMILES string of the molecule is O=C(C1CCSC1)C1CCOC2(CCSCC2)C1. The van der Waals surface area contributed by atoms with Gasteiger partial charge in [-0.3, -0.25) is 4.79 Å². The van der Waals surface area contributed by atoms with Crippen LogP contribution in [0, 0.1) is 11.8 Å². The summed E-state index contributed by atoms with van der Waals surface area (Å²) in [5.74, 6) is 5.88. The maximum atomic E-state index is 12.6. The topological polar surface area (TPSA) is 26.3 Å². The Morgan fingerprint density at radius 2 is 1.89 bits per heavy atom. The number of ketones is 1. The minimum absolute atomic E-state index is 0.0651. The van der Waals surface area contributed by atoms with Crippen molar-refractivity contribution >= 4 is 29.3 Å². The molecule has 3 saturated heterocycles. The molecule has 3 aliphatic heterocycles. The average Bonchev–Trinajstić information content (AvgIpc) is 2.93. The molecule has 3 heterocycles. The summed E-state index contributed by atoms with van der Waals surface area (Å²) < 4.78 is 6.08. The molecule has 0 radical (unpaired) electrons. The van der Waals surface area contributed by atoms with E-state index in [0.717, 1.165) is 44.5 Å². The van der Waals surface area contributed by atoms with Crippen LogP contribution in [0.1, 0.15) is 32.1 Å². The van der Waals surface area contributed by atoms with Crippen molar-refractivity contribution in [1.82, 2.24) is 0 Å². The molecule has 0 aromatic heterocycles. The monoisotopic (exact) mass is 286 g/mol. The van der Waals surface area contributed by atoms with Crippen molar-refractivity contribution < 1.29 is 9.53 Å². The molecule has 18 heavy (non-hydrogen) atoms. The first-order valence-corrected chi connectivity index (χ1v) is 9.43. The van der Waals surface area contributed by atoms with Crippen molar-refractivity contribution in [2.24, 2.45) is 11.8 Å². The summed E-state index contributed by atoms with van der Waals surface area (Å²) in [7, 11) is 0. The second-order valence-electron chi connectivity index (χ2n) is 5.80. The van der Waals surface area contributed by atoms with Gasteiger partial charge in [-0.05, 0) is 49.4 Å². The first-order chi connectivity index (χ1) is 8.79. The van der Waals surface area contributed by atoms with Gasteiger partial charge in [0.15, 0.2) is 0 Å². The van der Waals surface area contributed by atoms with E-state index in [9.17, 15) is 4.79 Å². The van der Waals surface area contributed by atoms with Crippen LogP contribution in [0.2, 0.25) is 0 Å². The summed E-state index contributed by atoms with van der Waals surface area (Å²) in [6.45, 7) is 0.806. The number of hydrogen-bond donors (Lipinski definition) is 0. The Morgan fingerprint density at radius 1 is 1.06 bits per heavy atom. The van der Waals surface area contributed by atoms with Gasteiger partial charge >= 0.3 is 0 Å². The van der Waals surface area contributed by atoms with Gasteiger partial charge in [-0.25, -0.2) is 0 Å². The average molecular weight is 286 g/mol. The molecule has 3 aliphatic rings. The first kappa shape index (κ1) is 13.3. The highest BCUT2D eigenvalue weighted by Gasteiger charge is 2.42. The standard InChI is InChI=1S/C14H22O2S2/c15-13(12-2-6-18-10-12)11-1-5-16-14(9-11)3-7-17-8-4-14/h11-12H,1-10H2. The van der Waals surface area contributed by atoms with E-state index in [1.165, 1.54) is 17.3 Å². The molecule has 0 saturated carbocycles. The number of ether oxygens (including phenoxy) is 1. The summed E-state index contributed by atoms with van der Waals surface area (Å²) >= 11 is 3.98. The quantitative estimate of drug-likeness (QED) is 0.779. The smallest absolute Gasteiger partial charge is 0.140 e. The number of Topliss-reactive ketones (excluding diaryl/α,β-unsaturated/α-hetero) is 1. The van der Waals surface area contributed by atoms with Crippen molar-refractivity contribution in [3.63, 3.8) is 0 Å². The Morgan fingerprint density at radius 3 is 2.61 bits per heavy atom. The van der Waals surface area contributed by atoms with E-state index in [1.807, 2.05) is 23.5 Å². The van der Waals surface area contributed by atoms with Crippen molar-refractivity contribution in [2.45, 2.75) is 37.7 Å². The van der Waals surface area contributed by atoms with Gasteiger partial charge in [0.1, 0.15) is 5.78 Å². The molecule has 0 aromatic rings. The highest BCUT2D eigenvalue weighted by Crippen LogP contribution is 2.41. The fraction of sp³-hybridized carbons (Fsp3) is 0.929. The number of thioether (sulfide) groups is 2. The van der Waals surface area contributed by atoms with E-state index >= 15 is 0 Å². The maximum Gasteiger partial charge on any atom is 0.140 e. The van der Waals surface area contributed by atoms with Crippen LogP contribution in [-0.4, -0.2) is 41.0 Å². The molecule has 0 N–H and O–H groups in total. The third-order valence-corrected chi connectivity index (χ3v) is 6.78. The van der Waals surface area contributed by atoms with E-state index in [0.29, 0.717) is 17.6 Å². The summed E-state index contributed by atoms with van der Waals surface area (Å²) in [6.07, 6.45) is 5.40. The molecule has 0 amide bonds. The van der Waals surface area contributed by atoms with Crippen LogP contribution in [0.5, 0.6) is 0 Å². The Kier molecular flexibility index (Phi) is 4.26. The minimum atomic E-state index is 0.0651. The van der Waals surface area contributed by atoms with Gasteiger partial charge in [-0.15, -0.1) is 0 Å². The molecular formula is C14H22O2S2. The highest BCUT2D eigenvalue weighted by molar-refractivity contribution is 7.99. The van der Waals surface area contributed by atoms with Crippen molar-refractivity contribution in [1.29, 1.82) is 0 Å². The van der Waals surface area contributed by atoms with Gasteiger partial charge in [0.05, 0.1) is 5.60 Å². The molecule has 3 fully saturated rings. The molecule has 4 heteroatoms. The molecule has 2 nitrogen and oxygen atoms in total. The molecular weight excluding hydrogens is 264 g/mol.